The normalized spacial score (nSPS) is 9.93. The van der Waals surface area contributed by atoms with Gasteiger partial charge in [-0.3, -0.25) is 9.78 Å². The summed E-state index contributed by atoms with van der Waals surface area (Å²) in [4.78, 5) is 15.3. The molecule has 0 fully saturated rings. The van der Waals surface area contributed by atoms with Crippen molar-refractivity contribution in [1.82, 2.24) is 4.98 Å². The molecule has 0 saturated carbocycles. The van der Waals surface area contributed by atoms with Gasteiger partial charge in [-0.05, 0) is 19.1 Å². The van der Waals surface area contributed by atoms with E-state index in [4.69, 9.17) is 0 Å². The van der Waals surface area contributed by atoms with Gasteiger partial charge in [-0.2, -0.15) is 0 Å². The zero-order valence-corrected chi connectivity index (χ0v) is 8.47. The van der Waals surface area contributed by atoms with Gasteiger partial charge < -0.3 is 0 Å². The molecular formula is C13H11NO. The van der Waals surface area contributed by atoms with Crippen molar-refractivity contribution >= 4 is 5.78 Å². The Kier molecular flexibility index (Phi) is 2.59. The molecule has 0 spiro atoms. The first kappa shape index (κ1) is 9.59. The molecule has 0 amide bonds. The van der Waals surface area contributed by atoms with Gasteiger partial charge in [0.1, 0.15) is 0 Å². The van der Waals surface area contributed by atoms with Gasteiger partial charge in [0.15, 0.2) is 5.78 Å². The van der Waals surface area contributed by atoms with Crippen LogP contribution in [0, 0.1) is 0 Å². The van der Waals surface area contributed by atoms with E-state index in [0.717, 1.165) is 16.8 Å². The number of hydrogen-bond donors (Lipinski definition) is 0. The van der Waals surface area contributed by atoms with Crippen LogP contribution in [-0.4, -0.2) is 10.8 Å². The summed E-state index contributed by atoms with van der Waals surface area (Å²) in [5, 5.41) is 0. The van der Waals surface area contributed by atoms with E-state index in [0.29, 0.717) is 0 Å². The summed E-state index contributed by atoms with van der Waals surface area (Å²) in [5.41, 5.74) is 2.68. The van der Waals surface area contributed by atoms with Crippen LogP contribution in [0.4, 0.5) is 0 Å². The predicted molar refractivity (Wildman–Crippen MR) is 59.7 cm³/mol. The molecule has 1 heterocycles. The molecule has 0 saturated heterocycles. The zero-order chi connectivity index (χ0) is 10.7. The molecular weight excluding hydrogens is 186 g/mol. The van der Waals surface area contributed by atoms with Gasteiger partial charge in [-0.25, -0.2) is 0 Å². The van der Waals surface area contributed by atoms with Crippen molar-refractivity contribution in [3.8, 4) is 11.3 Å². The lowest BCUT2D eigenvalue weighted by Gasteiger charge is -2.00. The van der Waals surface area contributed by atoms with Crippen LogP contribution in [0.1, 0.15) is 17.3 Å². The number of carbonyl (C=O) groups is 1. The number of Topliss-reactive ketones (excluding diaryl/α,β-unsaturated/α-hetero) is 1. The fraction of sp³-hybridized carbons (Fsp3) is 0.0769. The lowest BCUT2D eigenvalue weighted by atomic mass is 10.1. The van der Waals surface area contributed by atoms with Crippen LogP contribution in [0.2, 0.25) is 0 Å². The van der Waals surface area contributed by atoms with E-state index in [2.05, 4.69) is 4.98 Å². The zero-order valence-electron chi connectivity index (χ0n) is 8.47. The number of benzene rings is 1. The molecule has 2 rings (SSSR count). The van der Waals surface area contributed by atoms with Crippen LogP contribution in [0.25, 0.3) is 11.3 Å². The maximum atomic E-state index is 11.1. The van der Waals surface area contributed by atoms with Crippen LogP contribution in [0.3, 0.4) is 0 Å². The van der Waals surface area contributed by atoms with Crippen molar-refractivity contribution in [3.05, 3.63) is 54.2 Å². The maximum Gasteiger partial charge on any atom is 0.159 e. The number of nitrogens with zero attached hydrogens (tertiary/aromatic N) is 1. The molecule has 0 aliphatic rings. The molecule has 2 heteroatoms. The minimum Gasteiger partial charge on any atom is -0.295 e. The van der Waals surface area contributed by atoms with Gasteiger partial charge in [0.05, 0.1) is 5.69 Å². The van der Waals surface area contributed by atoms with Gasteiger partial charge in [-0.1, -0.05) is 30.3 Å². The fourth-order valence-electron chi connectivity index (χ4n) is 1.41. The van der Waals surface area contributed by atoms with Crippen LogP contribution < -0.4 is 0 Å². The molecule has 0 unspecified atom stereocenters. The summed E-state index contributed by atoms with van der Waals surface area (Å²) < 4.78 is 0. The minimum absolute atomic E-state index is 0.0857. The van der Waals surface area contributed by atoms with Gasteiger partial charge in [0.2, 0.25) is 0 Å². The number of aromatic nitrogens is 1. The second-order valence-corrected chi connectivity index (χ2v) is 3.35. The SMILES string of the molecule is CC(=O)c1ccc(-c2ccccn2)cc1. The molecule has 2 aromatic rings. The van der Waals surface area contributed by atoms with E-state index in [-0.39, 0.29) is 5.78 Å². The molecule has 0 aliphatic heterocycles. The summed E-state index contributed by atoms with van der Waals surface area (Å²) >= 11 is 0. The van der Waals surface area contributed by atoms with Gasteiger partial charge in [0.25, 0.3) is 0 Å². The Morgan fingerprint density at radius 1 is 1.07 bits per heavy atom. The van der Waals surface area contributed by atoms with Gasteiger partial charge >= 0.3 is 0 Å². The van der Waals surface area contributed by atoms with Crippen LogP contribution in [0.15, 0.2) is 48.7 Å². The van der Waals surface area contributed by atoms with Crippen molar-refractivity contribution in [3.63, 3.8) is 0 Å². The minimum atomic E-state index is 0.0857. The fourth-order valence-corrected chi connectivity index (χ4v) is 1.41. The third-order valence-electron chi connectivity index (χ3n) is 2.25. The number of hydrogen-bond acceptors (Lipinski definition) is 2. The molecule has 1 aromatic carbocycles. The van der Waals surface area contributed by atoms with E-state index in [1.54, 1.807) is 13.1 Å². The highest BCUT2D eigenvalue weighted by molar-refractivity contribution is 5.94. The number of pyridine rings is 1. The van der Waals surface area contributed by atoms with Gasteiger partial charge in [-0.15, -0.1) is 0 Å². The first-order chi connectivity index (χ1) is 7.27. The molecule has 74 valence electrons. The topological polar surface area (TPSA) is 30.0 Å². The quantitative estimate of drug-likeness (QED) is 0.693. The van der Waals surface area contributed by atoms with Crippen molar-refractivity contribution in [2.24, 2.45) is 0 Å². The Balaban J connectivity index is 2.36. The Morgan fingerprint density at radius 3 is 2.33 bits per heavy atom. The lowest BCUT2D eigenvalue weighted by Crippen LogP contribution is -1.91. The summed E-state index contributed by atoms with van der Waals surface area (Å²) in [6, 6.07) is 13.3. The molecule has 15 heavy (non-hydrogen) atoms. The van der Waals surface area contributed by atoms with E-state index < -0.39 is 0 Å². The highest BCUT2D eigenvalue weighted by Crippen LogP contribution is 2.16. The molecule has 1 aromatic heterocycles. The highest BCUT2D eigenvalue weighted by atomic mass is 16.1. The van der Waals surface area contributed by atoms with Crippen molar-refractivity contribution < 1.29 is 4.79 Å². The van der Waals surface area contributed by atoms with Crippen molar-refractivity contribution in [1.29, 1.82) is 0 Å². The average molecular weight is 197 g/mol. The maximum absolute atomic E-state index is 11.1. The third-order valence-corrected chi connectivity index (χ3v) is 2.25. The first-order valence-corrected chi connectivity index (χ1v) is 4.80. The molecule has 0 aliphatic carbocycles. The Bertz CT molecular complexity index is 460. The first-order valence-electron chi connectivity index (χ1n) is 4.80. The Hall–Kier alpha value is -1.96. The van der Waals surface area contributed by atoms with E-state index in [1.165, 1.54) is 0 Å². The smallest absolute Gasteiger partial charge is 0.159 e. The molecule has 0 N–H and O–H groups in total. The largest absolute Gasteiger partial charge is 0.295 e. The average Bonchev–Trinajstić information content (AvgIpc) is 2.30. The van der Waals surface area contributed by atoms with Crippen molar-refractivity contribution in [2.75, 3.05) is 0 Å². The number of rotatable bonds is 2. The van der Waals surface area contributed by atoms with Crippen LogP contribution in [0.5, 0.6) is 0 Å². The summed E-state index contributed by atoms with van der Waals surface area (Å²) in [5.74, 6) is 0.0857. The Labute approximate surface area is 88.6 Å². The highest BCUT2D eigenvalue weighted by Gasteiger charge is 2.00. The van der Waals surface area contributed by atoms with Gasteiger partial charge in [0, 0.05) is 17.3 Å². The van der Waals surface area contributed by atoms with E-state index >= 15 is 0 Å². The summed E-state index contributed by atoms with van der Waals surface area (Å²) in [6.45, 7) is 1.57. The molecule has 2 nitrogen and oxygen atoms in total. The molecule has 0 radical (unpaired) electrons. The van der Waals surface area contributed by atoms with E-state index in [9.17, 15) is 4.79 Å². The van der Waals surface area contributed by atoms with Crippen LogP contribution >= 0.6 is 0 Å². The monoisotopic (exact) mass is 197 g/mol. The molecule has 0 bridgehead atoms. The van der Waals surface area contributed by atoms with Crippen LogP contribution in [-0.2, 0) is 0 Å². The van der Waals surface area contributed by atoms with Crippen molar-refractivity contribution in [2.45, 2.75) is 6.92 Å². The second-order valence-electron chi connectivity index (χ2n) is 3.35. The summed E-state index contributed by atoms with van der Waals surface area (Å²) in [6.07, 6.45) is 1.76. The van der Waals surface area contributed by atoms with E-state index in [1.807, 2.05) is 42.5 Å². The standard InChI is InChI=1S/C13H11NO/c1-10(15)11-5-7-12(8-6-11)13-4-2-3-9-14-13/h2-9H,1H3. The number of ketones is 1. The third kappa shape index (κ3) is 2.10. The lowest BCUT2D eigenvalue weighted by molar-refractivity contribution is 0.101. The summed E-state index contributed by atoms with van der Waals surface area (Å²) in [7, 11) is 0. The molecule has 0 atom stereocenters. The number of carbonyl (C=O) groups excluding carboxylic acids is 1. The predicted octanol–water partition coefficient (Wildman–Crippen LogP) is 2.95. The second kappa shape index (κ2) is 4.05. The Morgan fingerprint density at radius 2 is 1.80 bits per heavy atom.